The van der Waals surface area contributed by atoms with E-state index in [9.17, 15) is 9.59 Å². The molecule has 1 aliphatic heterocycles. The molecule has 1 saturated heterocycles. The molecule has 0 unspecified atom stereocenters. The van der Waals surface area contributed by atoms with Crippen LogP contribution < -0.4 is 0 Å². The van der Waals surface area contributed by atoms with Crippen molar-refractivity contribution in [3.63, 3.8) is 0 Å². The molecule has 0 aromatic heterocycles. The van der Waals surface area contributed by atoms with E-state index in [0.29, 0.717) is 12.1 Å². The summed E-state index contributed by atoms with van der Waals surface area (Å²) < 4.78 is 0. The number of carboxylic acids is 1. The smallest absolute Gasteiger partial charge is 0.305 e. The molecule has 102 valence electrons. The highest BCUT2D eigenvalue weighted by Gasteiger charge is 2.31. The number of aliphatic carboxylic acids is 1. The van der Waals surface area contributed by atoms with Gasteiger partial charge in [-0.05, 0) is 30.9 Å². The van der Waals surface area contributed by atoms with Gasteiger partial charge in [-0.2, -0.15) is 0 Å². The van der Waals surface area contributed by atoms with E-state index in [2.05, 4.69) is 0 Å². The fourth-order valence-electron chi connectivity index (χ4n) is 2.71. The lowest BCUT2D eigenvalue weighted by Crippen LogP contribution is -2.37. The van der Waals surface area contributed by atoms with Crippen molar-refractivity contribution < 1.29 is 14.7 Å². The van der Waals surface area contributed by atoms with Crippen LogP contribution >= 0.6 is 0 Å². The van der Waals surface area contributed by atoms with E-state index in [1.165, 1.54) is 0 Å². The zero-order valence-corrected chi connectivity index (χ0v) is 11.1. The van der Waals surface area contributed by atoms with Crippen LogP contribution in [0.1, 0.15) is 42.1 Å². The lowest BCUT2D eigenvalue weighted by molar-refractivity contribution is -0.137. The van der Waals surface area contributed by atoms with Crippen LogP contribution in [0.15, 0.2) is 24.3 Å². The number of rotatable bonds is 4. The number of carbonyl (C=O) groups excluding carboxylic acids is 1. The molecule has 4 heteroatoms. The van der Waals surface area contributed by atoms with Crippen LogP contribution in [0.5, 0.6) is 0 Å². The van der Waals surface area contributed by atoms with Crippen molar-refractivity contribution in [2.75, 3.05) is 6.54 Å². The SMILES string of the molecule is CCc1ccccc1C(=O)N1CCC[C@@H]1CC(=O)O. The molecular weight excluding hydrogens is 242 g/mol. The Labute approximate surface area is 113 Å². The number of carbonyl (C=O) groups is 2. The topological polar surface area (TPSA) is 57.6 Å². The largest absolute Gasteiger partial charge is 0.481 e. The van der Waals surface area contributed by atoms with Crippen LogP contribution in [0.3, 0.4) is 0 Å². The molecule has 1 aliphatic rings. The molecule has 1 aromatic rings. The Morgan fingerprint density at radius 1 is 1.37 bits per heavy atom. The third kappa shape index (κ3) is 2.95. The van der Waals surface area contributed by atoms with Gasteiger partial charge in [-0.15, -0.1) is 0 Å². The molecule has 1 amide bonds. The Hall–Kier alpha value is -1.84. The van der Waals surface area contributed by atoms with Gasteiger partial charge in [0.25, 0.3) is 5.91 Å². The minimum atomic E-state index is -0.839. The second-order valence-corrected chi connectivity index (χ2v) is 4.90. The molecule has 0 spiro atoms. The van der Waals surface area contributed by atoms with Gasteiger partial charge in [-0.3, -0.25) is 9.59 Å². The summed E-state index contributed by atoms with van der Waals surface area (Å²) in [5, 5.41) is 8.91. The lowest BCUT2D eigenvalue weighted by Gasteiger charge is -2.24. The summed E-state index contributed by atoms with van der Waals surface area (Å²) in [6.07, 6.45) is 2.52. The molecule has 1 heterocycles. The summed E-state index contributed by atoms with van der Waals surface area (Å²) in [6.45, 7) is 2.68. The predicted molar refractivity (Wildman–Crippen MR) is 72.1 cm³/mol. The van der Waals surface area contributed by atoms with Gasteiger partial charge in [-0.1, -0.05) is 25.1 Å². The summed E-state index contributed by atoms with van der Waals surface area (Å²) in [6, 6.07) is 7.41. The van der Waals surface area contributed by atoms with E-state index in [4.69, 9.17) is 5.11 Å². The van der Waals surface area contributed by atoms with Crippen LogP contribution in [0.4, 0.5) is 0 Å². The van der Waals surface area contributed by atoms with Gasteiger partial charge in [0, 0.05) is 18.2 Å². The molecule has 0 aliphatic carbocycles. The quantitative estimate of drug-likeness (QED) is 0.905. The summed E-state index contributed by atoms with van der Waals surface area (Å²) >= 11 is 0. The maximum absolute atomic E-state index is 12.6. The highest BCUT2D eigenvalue weighted by molar-refractivity contribution is 5.96. The van der Waals surface area contributed by atoms with Gasteiger partial charge in [0.2, 0.25) is 0 Å². The molecule has 1 aromatic carbocycles. The molecule has 1 fully saturated rings. The Kier molecular flexibility index (Phi) is 4.20. The van der Waals surface area contributed by atoms with Crippen molar-refractivity contribution in [1.29, 1.82) is 0 Å². The first-order valence-corrected chi connectivity index (χ1v) is 6.74. The first-order chi connectivity index (χ1) is 9.13. The van der Waals surface area contributed by atoms with E-state index >= 15 is 0 Å². The first kappa shape index (κ1) is 13.6. The van der Waals surface area contributed by atoms with E-state index in [-0.39, 0.29) is 18.4 Å². The number of aryl methyl sites for hydroxylation is 1. The van der Waals surface area contributed by atoms with Crippen molar-refractivity contribution in [3.05, 3.63) is 35.4 Å². The number of amides is 1. The fraction of sp³-hybridized carbons (Fsp3) is 0.467. The standard InChI is InChI=1S/C15H19NO3/c1-2-11-6-3-4-8-13(11)15(19)16-9-5-7-12(16)10-14(17)18/h3-4,6,8,12H,2,5,7,9-10H2,1H3,(H,17,18)/t12-/m1/s1. The van der Waals surface area contributed by atoms with Crippen molar-refractivity contribution in [2.24, 2.45) is 0 Å². The van der Waals surface area contributed by atoms with Crippen LogP contribution in [0.25, 0.3) is 0 Å². The molecule has 19 heavy (non-hydrogen) atoms. The Bertz CT molecular complexity index is 484. The van der Waals surface area contributed by atoms with Crippen LogP contribution in [0, 0.1) is 0 Å². The van der Waals surface area contributed by atoms with Gasteiger partial charge in [0.1, 0.15) is 0 Å². The number of hydrogen-bond donors (Lipinski definition) is 1. The Morgan fingerprint density at radius 2 is 2.11 bits per heavy atom. The third-order valence-electron chi connectivity index (χ3n) is 3.68. The predicted octanol–water partition coefficient (Wildman–Crippen LogP) is 2.33. The van der Waals surface area contributed by atoms with Gasteiger partial charge < -0.3 is 10.0 Å². The molecule has 0 saturated carbocycles. The third-order valence-corrected chi connectivity index (χ3v) is 3.68. The summed E-state index contributed by atoms with van der Waals surface area (Å²) in [4.78, 5) is 25.1. The molecule has 2 rings (SSSR count). The molecule has 4 nitrogen and oxygen atoms in total. The molecule has 0 bridgehead atoms. The average Bonchev–Trinajstić information content (AvgIpc) is 2.85. The number of benzene rings is 1. The first-order valence-electron chi connectivity index (χ1n) is 6.74. The zero-order chi connectivity index (χ0) is 13.8. The van der Waals surface area contributed by atoms with Crippen molar-refractivity contribution in [3.8, 4) is 0 Å². The fourth-order valence-corrected chi connectivity index (χ4v) is 2.71. The van der Waals surface area contributed by atoms with E-state index in [1.54, 1.807) is 4.90 Å². The molecule has 1 atom stereocenters. The average molecular weight is 261 g/mol. The van der Waals surface area contributed by atoms with Crippen molar-refractivity contribution in [2.45, 2.75) is 38.6 Å². The van der Waals surface area contributed by atoms with Crippen molar-refractivity contribution in [1.82, 2.24) is 4.90 Å². The number of carboxylic acid groups (broad SMARTS) is 1. The second-order valence-electron chi connectivity index (χ2n) is 4.90. The second kappa shape index (κ2) is 5.87. The number of likely N-dealkylation sites (tertiary alicyclic amines) is 1. The van der Waals surface area contributed by atoms with Gasteiger partial charge >= 0.3 is 5.97 Å². The van der Waals surface area contributed by atoms with E-state index < -0.39 is 5.97 Å². The van der Waals surface area contributed by atoms with Gasteiger partial charge in [-0.25, -0.2) is 0 Å². The summed E-state index contributed by atoms with van der Waals surface area (Å²) in [5.41, 5.74) is 1.73. The maximum Gasteiger partial charge on any atom is 0.305 e. The zero-order valence-electron chi connectivity index (χ0n) is 11.1. The summed E-state index contributed by atoms with van der Waals surface area (Å²) in [5.74, 6) is -0.866. The van der Waals surface area contributed by atoms with Gasteiger partial charge in [0.05, 0.1) is 6.42 Å². The van der Waals surface area contributed by atoms with Gasteiger partial charge in [0.15, 0.2) is 0 Å². The summed E-state index contributed by atoms with van der Waals surface area (Å²) in [7, 11) is 0. The maximum atomic E-state index is 12.6. The lowest BCUT2D eigenvalue weighted by atomic mass is 10.0. The van der Waals surface area contributed by atoms with Crippen LogP contribution in [-0.2, 0) is 11.2 Å². The highest BCUT2D eigenvalue weighted by atomic mass is 16.4. The number of nitrogens with zero attached hydrogens (tertiary/aromatic N) is 1. The normalized spacial score (nSPS) is 18.6. The number of hydrogen-bond acceptors (Lipinski definition) is 2. The minimum Gasteiger partial charge on any atom is -0.481 e. The van der Waals surface area contributed by atoms with E-state index in [1.807, 2.05) is 31.2 Å². The molecule has 1 N–H and O–H groups in total. The molecular formula is C15H19NO3. The van der Waals surface area contributed by atoms with Crippen molar-refractivity contribution >= 4 is 11.9 Å². The minimum absolute atomic E-state index is 0.0267. The van der Waals surface area contributed by atoms with E-state index in [0.717, 1.165) is 24.8 Å². The Morgan fingerprint density at radius 3 is 2.79 bits per heavy atom. The monoisotopic (exact) mass is 261 g/mol. The molecule has 0 radical (unpaired) electrons. The van der Waals surface area contributed by atoms with Crippen LogP contribution in [-0.4, -0.2) is 34.5 Å². The van der Waals surface area contributed by atoms with Crippen LogP contribution in [0.2, 0.25) is 0 Å². The Balaban J connectivity index is 2.20. The highest BCUT2D eigenvalue weighted by Crippen LogP contribution is 2.24.